The molecule has 0 spiro atoms. The quantitative estimate of drug-likeness (QED) is 0.160. The summed E-state index contributed by atoms with van der Waals surface area (Å²) >= 11 is 3.74. The maximum Gasteiger partial charge on any atom is 0.143 e. The first kappa shape index (κ1) is 34.1. The molecule has 0 aliphatic rings. The Kier molecular flexibility index (Phi) is 8.30. The number of fused-ring (bicyclic) bond motifs is 7. The van der Waals surface area contributed by atoms with Crippen LogP contribution in [0.5, 0.6) is 0 Å². The van der Waals surface area contributed by atoms with Crippen LogP contribution >= 0.6 is 15.9 Å². The molecule has 0 atom stereocenters. The number of benzene rings is 9. The van der Waals surface area contributed by atoms with Crippen molar-refractivity contribution < 1.29 is 4.42 Å². The van der Waals surface area contributed by atoms with Crippen molar-refractivity contribution >= 4 is 76.7 Å². The Labute approximate surface area is 344 Å². The summed E-state index contributed by atoms with van der Waals surface area (Å²) in [4.78, 5) is 2.40. The highest BCUT2D eigenvalue weighted by Crippen LogP contribution is 2.47. The molecule has 0 saturated heterocycles. The van der Waals surface area contributed by atoms with Gasteiger partial charge in [0.25, 0.3) is 0 Å². The van der Waals surface area contributed by atoms with Gasteiger partial charge in [0.15, 0.2) is 0 Å². The van der Waals surface area contributed by atoms with Crippen LogP contribution in [0.4, 0.5) is 17.1 Å². The molecule has 11 rings (SSSR count). The van der Waals surface area contributed by atoms with Gasteiger partial charge in [0.2, 0.25) is 0 Å². The van der Waals surface area contributed by atoms with E-state index in [1.807, 2.05) is 0 Å². The zero-order chi connectivity index (χ0) is 38.6. The number of nitrogens with zero attached hydrogens (tertiary/aromatic N) is 2. The predicted octanol–water partition coefficient (Wildman–Crippen LogP) is 15.9. The van der Waals surface area contributed by atoms with Crippen molar-refractivity contribution in [3.8, 4) is 39.1 Å². The molecule has 4 heteroatoms. The van der Waals surface area contributed by atoms with Gasteiger partial charge in [0, 0.05) is 54.2 Å². The highest BCUT2D eigenvalue weighted by molar-refractivity contribution is 9.10. The number of hydrogen-bond acceptors (Lipinski definition) is 2. The Balaban J connectivity index is 1.20. The normalized spacial score (nSPS) is 11.5. The van der Waals surface area contributed by atoms with E-state index in [0.29, 0.717) is 0 Å². The van der Waals surface area contributed by atoms with Crippen LogP contribution in [0.3, 0.4) is 0 Å². The summed E-state index contributed by atoms with van der Waals surface area (Å²) in [6, 6.07) is 75.7. The standard InChI is InChI=1S/C54H35BrN2O/c55-40-19-12-18-39(34-40)44-22-10-11-25-48(44)56(42-28-26-37(27-29-42)36-14-4-1-5-15-36)43-30-31-49-47(35-43)52-50(57(49)41-20-8-3-9-21-41)32-33-51-53(52)46-24-13-23-45(54(46)58-51)38-16-6-2-7-17-38/h1-35H. The second-order valence-electron chi connectivity index (χ2n) is 14.6. The van der Waals surface area contributed by atoms with Gasteiger partial charge >= 0.3 is 0 Å². The van der Waals surface area contributed by atoms with Crippen LogP contribution < -0.4 is 4.90 Å². The summed E-state index contributed by atoms with van der Waals surface area (Å²) in [5.41, 5.74) is 15.2. The molecule has 0 saturated carbocycles. The van der Waals surface area contributed by atoms with Crippen molar-refractivity contribution in [2.45, 2.75) is 0 Å². The molecule has 11 aromatic rings. The first-order valence-electron chi connectivity index (χ1n) is 19.5. The van der Waals surface area contributed by atoms with E-state index in [4.69, 9.17) is 4.42 Å². The molecular formula is C54H35BrN2O. The molecule has 2 heterocycles. The summed E-state index contributed by atoms with van der Waals surface area (Å²) in [7, 11) is 0. The molecule has 0 radical (unpaired) electrons. The van der Waals surface area contributed by atoms with Crippen LogP contribution in [0, 0.1) is 0 Å². The molecule has 274 valence electrons. The minimum atomic E-state index is 0.872. The lowest BCUT2D eigenvalue weighted by atomic mass is 9.99. The molecule has 0 unspecified atom stereocenters. The van der Waals surface area contributed by atoms with E-state index in [2.05, 4.69) is 238 Å². The van der Waals surface area contributed by atoms with E-state index in [0.717, 1.165) is 87.8 Å². The minimum absolute atomic E-state index is 0.872. The molecule has 0 fully saturated rings. The third-order valence-electron chi connectivity index (χ3n) is 11.2. The van der Waals surface area contributed by atoms with Gasteiger partial charge < -0.3 is 13.9 Å². The molecule has 0 bridgehead atoms. The van der Waals surface area contributed by atoms with Crippen molar-refractivity contribution in [2.24, 2.45) is 0 Å². The van der Waals surface area contributed by atoms with Gasteiger partial charge in [0.05, 0.1) is 16.7 Å². The van der Waals surface area contributed by atoms with Gasteiger partial charge in [-0.2, -0.15) is 0 Å². The van der Waals surface area contributed by atoms with E-state index < -0.39 is 0 Å². The highest BCUT2D eigenvalue weighted by Gasteiger charge is 2.23. The lowest BCUT2D eigenvalue weighted by Crippen LogP contribution is -2.11. The molecular weight excluding hydrogens is 773 g/mol. The zero-order valence-electron chi connectivity index (χ0n) is 31.4. The largest absolute Gasteiger partial charge is 0.455 e. The minimum Gasteiger partial charge on any atom is -0.455 e. The van der Waals surface area contributed by atoms with Gasteiger partial charge in [-0.15, -0.1) is 0 Å². The van der Waals surface area contributed by atoms with Crippen molar-refractivity contribution in [2.75, 3.05) is 4.90 Å². The van der Waals surface area contributed by atoms with Crippen LogP contribution in [0.2, 0.25) is 0 Å². The first-order valence-corrected chi connectivity index (χ1v) is 20.3. The van der Waals surface area contributed by atoms with Gasteiger partial charge in [-0.25, -0.2) is 0 Å². The highest BCUT2D eigenvalue weighted by atomic mass is 79.9. The van der Waals surface area contributed by atoms with E-state index >= 15 is 0 Å². The maximum atomic E-state index is 6.82. The molecule has 9 aromatic carbocycles. The number of aromatic nitrogens is 1. The van der Waals surface area contributed by atoms with E-state index in [9.17, 15) is 0 Å². The zero-order valence-corrected chi connectivity index (χ0v) is 33.0. The molecule has 3 nitrogen and oxygen atoms in total. The average molecular weight is 808 g/mol. The summed E-state index contributed by atoms with van der Waals surface area (Å²) < 4.78 is 10.3. The van der Waals surface area contributed by atoms with Crippen LogP contribution in [0.25, 0.3) is 82.8 Å². The molecule has 0 N–H and O–H groups in total. The summed E-state index contributed by atoms with van der Waals surface area (Å²) in [5.74, 6) is 0. The van der Waals surface area contributed by atoms with E-state index in [1.165, 1.54) is 16.5 Å². The Hall–Kier alpha value is -7.14. The van der Waals surface area contributed by atoms with E-state index in [1.54, 1.807) is 0 Å². The van der Waals surface area contributed by atoms with Crippen LogP contribution in [-0.4, -0.2) is 4.57 Å². The Morgan fingerprint density at radius 3 is 1.81 bits per heavy atom. The van der Waals surface area contributed by atoms with Crippen molar-refractivity contribution in [1.82, 2.24) is 4.57 Å². The fourth-order valence-electron chi connectivity index (χ4n) is 8.66. The first-order chi connectivity index (χ1) is 28.7. The predicted molar refractivity (Wildman–Crippen MR) is 247 cm³/mol. The summed E-state index contributed by atoms with van der Waals surface area (Å²) in [5, 5.41) is 4.55. The Morgan fingerprint density at radius 2 is 1.03 bits per heavy atom. The molecule has 58 heavy (non-hydrogen) atoms. The lowest BCUT2D eigenvalue weighted by molar-refractivity contribution is 0.670. The van der Waals surface area contributed by atoms with Crippen LogP contribution in [0.1, 0.15) is 0 Å². The Bertz CT molecular complexity index is 3280. The number of halogens is 1. The maximum absolute atomic E-state index is 6.82. The number of rotatable bonds is 7. The smallest absolute Gasteiger partial charge is 0.143 e. The van der Waals surface area contributed by atoms with Gasteiger partial charge in [0.1, 0.15) is 11.2 Å². The molecule has 0 amide bonds. The SMILES string of the molecule is Brc1cccc(-c2ccccc2N(c2ccc(-c3ccccc3)cc2)c2ccc3c(c2)c2c4c(ccc2n3-c2ccccc2)oc2c(-c3ccccc3)cccc24)c1. The number of anilines is 3. The van der Waals surface area contributed by atoms with Crippen molar-refractivity contribution in [3.05, 3.63) is 217 Å². The van der Waals surface area contributed by atoms with Gasteiger partial charge in [-0.05, 0) is 95.1 Å². The molecule has 0 aliphatic heterocycles. The van der Waals surface area contributed by atoms with Crippen LogP contribution in [0.15, 0.2) is 221 Å². The fourth-order valence-corrected chi connectivity index (χ4v) is 9.05. The lowest BCUT2D eigenvalue weighted by Gasteiger charge is -2.28. The third-order valence-corrected chi connectivity index (χ3v) is 11.7. The fraction of sp³-hybridized carbons (Fsp3) is 0. The second-order valence-corrected chi connectivity index (χ2v) is 15.5. The van der Waals surface area contributed by atoms with Crippen molar-refractivity contribution in [1.29, 1.82) is 0 Å². The van der Waals surface area contributed by atoms with E-state index in [-0.39, 0.29) is 0 Å². The third kappa shape index (κ3) is 5.72. The number of furan rings is 1. The summed E-state index contributed by atoms with van der Waals surface area (Å²) in [6.45, 7) is 0. The molecule has 2 aromatic heterocycles. The monoisotopic (exact) mass is 806 g/mol. The average Bonchev–Trinajstić information content (AvgIpc) is 3.83. The summed E-state index contributed by atoms with van der Waals surface area (Å²) in [6.07, 6.45) is 0. The Morgan fingerprint density at radius 1 is 0.414 bits per heavy atom. The van der Waals surface area contributed by atoms with Gasteiger partial charge in [-0.1, -0.05) is 155 Å². The second kappa shape index (κ2) is 14.1. The number of hydrogen-bond donors (Lipinski definition) is 0. The molecule has 0 aliphatic carbocycles. The van der Waals surface area contributed by atoms with Gasteiger partial charge in [-0.3, -0.25) is 0 Å². The number of para-hydroxylation sites is 3. The van der Waals surface area contributed by atoms with Crippen molar-refractivity contribution in [3.63, 3.8) is 0 Å². The van der Waals surface area contributed by atoms with Crippen LogP contribution in [-0.2, 0) is 0 Å². The topological polar surface area (TPSA) is 21.3 Å².